The van der Waals surface area contributed by atoms with E-state index in [0.717, 1.165) is 16.8 Å². The second-order valence-electron chi connectivity index (χ2n) is 6.63. The first-order valence-corrected chi connectivity index (χ1v) is 9.45. The van der Waals surface area contributed by atoms with Crippen molar-refractivity contribution in [2.45, 2.75) is 19.8 Å². The average molecular weight is 396 g/mol. The Bertz CT molecular complexity index is 1010. The van der Waals surface area contributed by atoms with Crippen LogP contribution in [0.2, 0.25) is 5.02 Å². The van der Waals surface area contributed by atoms with E-state index in [1.165, 1.54) is 0 Å². The minimum atomic E-state index is 0.00502. The number of rotatable bonds is 6. The van der Waals surface area contributed by atoms with E-state index in [0.29, 0.717) is 22.7 Å². The van der Waals surface area contributed by atoms with Crippen LogP contribution in [-0.2, 0) is 18.3 Å². The fourth-order valence-corrected chi connectivity index (χ4v) is 3.31. The van der Waals surface area contributed by atoms with Crippen molar-refractivity contribution in [1.82, 2.24) is 9.78 Å². The van der Waals surface area contributed by atoms with Crippen molar-refractivity contribution in [2.75, 3.05) is 11.9 Å². The summed E-state index contributed by atoms with van der Waals surface area (Å²) in [6.07, 6.45) is 2.52. The molecule has 0 saturated carbocycles. The Hall–Kier alpha value is -2.92. The summed E-state index contributed by atoms with van der Waals surface area (Å²) in [6.45, 7) is 1.82. The summed E-state index contributed by atoms with van der Waals surface area (Å²) < 4.78 is 1.69. The third-order valence-electron chi connectivity index (χ3n) is 4.64. The van der Waals surface area contributed by atoms with Gasteiger partial charge in [0.15, 0.2) is 5.78 Å². The Kier molecular flexibility index (Phi) is 5.95. The Morgan fingerprint density at radius 3 is 2.32 bits per heavy atom. The topological polar surface area (TPSA) is 55.2 Å². The van der Waals surface area contributed by atoms with Crippen LogP contribution in [0.25, 0.3) is 11.1 Å². The van der Waals surface area contributed by atoms with Gasteiger partial charge in [-0.2, -0.15) is 5.10 Å². The van der Waals surface area contributed by atoms with E-state index in [1.807, 2.05) is 68.7 Å². The summed E-state index contributed by atoms with van der Waals surface area (Å²) in [5.74, 6) is 0.0313. The third-order valence-corrected chi connectivity index (χ3v) is 4.94. The zero-order chi connectivity index (χ0) is 20.3. The number of hydrogen-bond acceptors (Lipinski definition) is 3. The molecule has 3 rings (SSSR count). The number of Topliss-reactive ketones (excluding diaryl/α,β-unsaturated/α-hetero) is 1. The zero-order valence-electron chi connectivity index (χ0n) is 16.1. The first kappa shape index (κ1) is 19.8. The summed E-state index contributed by atoms with van der Waals surface area (Å²) in [6, 6.07) is 14.9. The molecular formula is C22H22ClN3O2. The van der Waals surface area contributed by atoms with Crippen LogP contribution in [0, 0.1) is 0 Å². The van der Waals surface area contributed by atoms with Gasteiger partial charge in [-0.25, -0.2) is 0 Å². The van der Waals surface area contributed by atoms with E-state index in [2.05, 4.69) is 5.10 Å². The first-order chi connectivity index (χ1) is 13.4. The summed E-state index contributed by atoms with van der Waals surface area (Å²) in [5.41, 5.74) is 3.96. The first-order valence-electron chi connectivity index (χ1n) is 9.07. The molecule has 5 nitrogen and oxygen atoms in total. The van der Waals surface area contributed by atoms with E-state index in [4.69, 9.17) is 11.6 Å². The van der Waals surface area contributed by atoms with Gasteiger partial charge in [-0.3, -0.25) is 14.3 Å². The van der Waals surface area contributed by atoms with Crippen molar-refractivity contribution in [1.29, 1.82) is 0 Å². The van der Waals surface area contributed by atoms with Gasteiger partial charge in [0, 0.05) is 32.3 Å². The molecular weight excluding hydrogens is 374 g/mol. The number of anilines is 1. The smallest absolute Gasteiger partial charge is 0.226 e. The Morgan fingerprint density at radius 2 is 1.75 bits per heavy atom. The van der Waals surface area contributed by atoms with Crippen LogP contribution >= 0.6 is 11.6 Å². The number of hydrogen-bond donors (Lipinski definition) is 0. The summed E-state index contributed by atoms with van der Waals surface area (Å²) in [7, 11) is 3.55. The summed E-state index contributed by atoms with van der Waals surface area (Å²) >= 11 is 6.39. The maximum Gasteiger partial charge on any atom is 0.226 e. The maximum absolute atomic E-state index is 12.4. The lowest BCUT2D eigenvalue weighted by atomic mass is 10.0. The van der Waals surface area contributed by atoms with Crippen LogP contribution in [0.4, 0.5) is 5.69 Å². The molecule has 0 radical (unpaired) electrons. The van der Waals surface area contributed by atoms with Gasteiger partial charge in [-0.05, 0) is 29.3 Å². The van der Waals surface area contributed by atoms with Crippen LogP contribution in [0.5, 0.6) is 0 Å². The van der Waals surface area contributed by atoms with Crippen molar-refractivity contribution in [3.05, 3.63) is 71.0 Å². The van der Waals surface area contributed by atoms with Gasteiger partial charge in [0.2, 0.25) is 5.91 Å². The number of benzene rings is 2. The standard InChI is InChI=1S/C22H22ClN3O2/c1-4-22(28)26(3)20-10-9-17(13-19(20)23)15-5-7-16(8-6-15)21(27)14-18-11-12-25(2)24-18/h5-13H,4,14H2,1-3H3. The third kappa shape index (κ3) is 4.31. The SMILES string of the molecule is CCC(=O)N(C)c1ccc(-c2ccc(C(=O)Cc3ccn(C)n3)cc2)cc1Cl. The number of carbonyl (C=O) groups is 2. The molecule has 28 heavy (non-hydrogen) atoms. The Labute approximate surface area is 169 Å². The number of ketones is 1. The number of amides is 1. The molecule has 0 unspecified atom stereocenters. The van der Waals surface area contributed by atoms with Gasteiger partial charge in [0.1, 0.15) is 0 Å². The van der Waals surface area contributed by atoms with Gasteiger partial charge < -0.3 is 4.90 Å². The van der Waals surface area contributed by atoms with Crippen molar-refractivity contribution < 1.29 is 9.59 Å². The van der Waals surface area contributed by atoms with Crippen molar-refractivity contribution in [2.24, 2.45) is 7.05 Å². The fourth-order valence-electron chi connectivity index (χ4n) is 3.00. The molecule has 0 N–H and O–H groups in total. The fraction of sp³-hybridized carbons (Fsp3) is 0.227. The lowest BCUT2D eigenvalue weighted by Gasteiger charge is -2.18. The van der Waals surface area contributed by atoms with Crippen LogP contribution < -0.4 is 4.90 Å². The number of halogens is 1. The van der Waals surface area contributed by atoms with Gasteiger partial charge in [-0.15, -0.1) is 0 Å². The van der Waals surface area contributed by atoms with E-state index in [-0.39, 0.29) is 18.1 Å². The predicted molar refractivity (Wildman–Crippen MR) is 112 cm³/mol. The lowest BCUT2D eigenvalue weighted by molar-refractivity contribution is -0.118. The molecule has 0 fully saturated rings. The van der Waals surface area contributed by atoms with E-state index >= 15 is 0 Å². The molecule has 2 aromatic carbocycles. The van der Waals surface area contributed by atoms with Crippen LogP contribution in [0.1, 0.15) is 29.4 Å². The summed E-state index contributed by atoms with van der Waals surface area (Å²) in [5, 5.41) is 4.76. The number of aryl methyl sites for hydroxylation is 1. The lowest BCUT2D eigenvalue weighted by Crippen LogP contribution is -2.25. The molecule has 1 amide bonds. The molecule has 0 spiro atoms. The number of aromatic nitrogens is 2. The zero-order valence-corrected chi connectivity index (χ0v) is 16.9. The van der Waals surface area contributed by atoms with Crippen LogP contribution in [0.15, 0.2) is 54.7 Å². The van der Waals surface area contributed by atoms with Crippen molar-refractivity contribution in [3.8, 4) is 11.1 Å². The molecule has 1 heterocycles. The number of nitrogens with zero attached hydrogens (tertiary/aromatic N) is 3. The summed E-state index contributed by atoms with van der Waals surface area (Å²) in [4.78, 5) is 25.9. The normalized spacial score (nSPS) is 10.7. The van der Waals surface area contributed by atoms with E-state index < -0.39 is 0 Å². The molecule has 1 aromatic heterocycles. The minimum absolute atomic E-state index is 0.00502. The molecule has 3 aromatic rings. The van der Waals surface area contributed by atoms with Gasteiger partial charge in [0.25, 0.3) is 0 Å². The van der Waals surface area contributed by atoms with Gasteiger partial charge >= 0.3 is 0 Å². The highest BCUT2D eigenvalue weighted by molar-refractivity contribution is 6.34. The molecule has 0 saturated heterocycles. The van der Waals surface area contributed by atoms with E-state index in [1.54, 1.807) is 16.6 Å². The van der Waals surface area contributed by atoms with Gasteiger partial charge in [0.05, 0.1) is 22.8 Å². The largest absolute Gasteiger partial charge is 0.314 e. The Balaban J connectivity index is 1.77. The highest BCUT2D eigenvalue weighted by atomic mass is 35.5. The quantitative estimate of drug-likeness (QED) is 0.576. The van der Waals surface area contributed by atoms with E-state index in [9.17, 15) is 9.59 Å². The second kappa shape index (κ2) is 8.40. The Morgan fingerprint density at radius 1 is 1.07 bits per heavy atom. The monoisotopic (exact) mass is 395 g/mol. The highest BCUT2D eigenvalue weighted by Gasteiger charge is 2.14. The van der Waals surface area contributed by atoms with Crippen LogP contribution in [0.3, 0.4) is 0 Å². The molecule has 0 aliphatic rings. The van der Waals surface area contributed by atoms with Crippen molar-refractivity contribution in [3.63, 3.8) is 0 Å². The van der Waals surface area contributed by atoms with Gasteiger partial charge in [-0.1, -0.05) is 48.9 Å². The molecule has 0 aliphatic heterocycles. The maximum atomic E-state index is 12.4. The molecule has 6 heteroatoms. The predicted octanol–water partition coefficient (Wildman–Crippen LogP) is 4.54. The molecule has 144 valence electrons. The molecule has 0 atom stereocenters. The highest BCUT2D eigenvalue weighted by Crippen LogP contribution is 2.31. The average Bonchev–Trinajstić information content (AvgIpc) is 3.11. The molecule has 0 bridgehead atoms. The van der Waals surface area contributed by atoms with Crippen molar-refractivity contribution >= 4 is 29.0 Å². The minimum Gasteiger partial charge on any atom is -0.314 e. The second-order valence-corrected chi connectivity index (χ2v) is 7.04. The van der Waals surface area contributed by atoms with Crippen LogP contribution in [-0.4, -0.2) is 28.5 Å². The number of carbonyl (C=O) groups excluding carboxylic acids is 2. The molecule has 0 aliphatic carbocycles.